The zero-order valence-electron chi connectivity index (χ0n) is 14.0. The zero-order valence-corrected chi connectivity index (χ0v) is 14.8. The molecule has 1 aliphatic heterocycles. The minimum absolute atomic E-state index is 0.261. The number of benzene rings is 1. The normalized spacial score (nSPS) is 16.7. The van der Waals surface area contributed by atoms with Crippen LogP contribution in [0.25, 0.3) is 11.5 Å². The highest BCUT2D eigenvalue weighted by atomic mass is 32.2. The van der Waals surface area contributed by atoms with Crippen molar-refractivity contribution in [3.8, 4) is 11.5 Å². The van der Waals surface area contributed by atoms with Crippen molar-refractivity contribution in [3.63, 3.8) is 0 Å². The summed E-state index contributed by atoms with van der Waals surface area (Å²) in [5.74, 6) is -0.0730. The second-order valence-corrected chi connectivity index (χ2v) is 8.05. The van der Waals surface area contributed by atoms with Crippen molar-refractivity contribution in [3.05, 3.63) is 42.3 Å². The molecule has 0 saturated carbocycles. The van der Waals surface area contributed by atoms with Crippen LogP contribution in [0.15, 0.2) is 41.0 Å². The number of carbonyl (C=O) groups excluding carboxylic acids is 1. The van der Waals surface area contributed by atoms with Crippen LogP contribution < -0.4 is 4.72 Å². The number of hydrogen-bond donors (Lipinski definition) is 1. The fourth-order valence-corrected chi connectivity index (χ4v) is 3.47. The number of nitrogens with one attached hydrogen (secondary N) is 1. The molecule has 0 unspecified atom stereocenters. The maximum absolute atomic E-state index is 11.9. The molecule has 2 aromatic rings. The van der Waals surface area contributed by atoms with E-state index in [2.05, 4.69) is 14.6 Å². The van der Waals surface area contributed by atoms with Crippen molar-refractivity contribution < 1.29 is 17.6 Å². The average molecular weight is 363 g/mol. The minimum Gasteiger partial charge on any atom is -0.444 e. The molecule has 7 nitrogen and oxygen atoms in total. The van der Waals surface area contributed by atoms with Gasteiger partial charge in [-0.25, -0.2) is 13.4 Å². The lowest BCUT2D eigenvalue weighted by molar-refractivity contribution is -0.124. The maximum Gasteiger partial charge on any atom is 0.236 e. The molecule has 2 heterocycles. The summed E-state index contributed by atoms with van der Waals surface area (Å²) in [7, 11) is -3.49. The number of piperidine rings is 1. The van der Waals surface area contributed by atoms with Gasteiger partial charge in [0.05, 0.1) is 11.9 Å². The quantitative estimate of drug-likeness (QED) is 0.868. The molecule has 3 rings (SSSR count). The predicted octanol–water partition coefficient (Wildman–Crippen LogP) is 1.63. The Hall–Kier alpha value is -2.19. The average Bonchev–Trinajstić information content (AvgIpc) is 3.03. The molecule has 1 fully saturated rings. The van der Waals surface area contributed by atoms with Gasteiger partial charge in [0.1, 0.15) is 6.26 Å². The summed E-state index contributed by atoms with van der Waals surface area (Å²) < 4.78 is 29.9. The third kappa shape index (κ3) is 4.90. The van der Waals surface area contributed by atoms with Gasteiger partial charge in [-0.2, -0.15) is 0 Å². The van der Waals surface area contributed by atoms with Crippen LogP contribution in [0.1, 0.15) is 18.5 Å². The van der Waals surface area contributed by atoms with Crippen molar-refractivity contribution in [2.75, 3.05) is 19.3 Å². The highest BCUT2D eigenvalue weighted by Gasteiger charge is 2.27. The number of oxazole rings is 1. The van der Waals surface area contributed by atoms with E-state index in [9.17, 15) is 13.2 Å². The monoisotopic (exact) mass is 363 g/mol. The Bertz CT molecular complexity index is 825. The van der Waals surface area contributed by atoms with Crippen molar-refractivity contribution in [2.24, 2.45) is 5.92 Å². The van der Waals surface area contributed by atoms with E-state index >= 15 is 0 Å². The fourth-order valence-electron chi connectivity index (χ4n) is 2.94. The van der Waals surface area contributed by atoms with Crippen molar-refractivity contribution in [1.29, 1.82) is 0 Å². The number of rotatable bonds is 5. The molecule has 1 amide bonds. The Labute approximate surface area is 147 Å². The van der Waals surface area contributed by atoms with E-state index in [0.717, 1.165) is 30.6 Å². The summed E-state index contributed by atoms with van der Waals surface area (Å²) in [6.07, 6.45) is 3.91. The van der Waals surface area contributed by atoms with E-state index in [1.165, 1.54) is 0 Å². The first-order chi connectivity index (χ1) is 11.9. The Morgan fingerprint density at radius 1 is 1.28 bits per heavy atom. The van der Waals surface area contributed by atoms with Crippen molar-refractivity contribution in [2.45, 2.75) is 19.4 Å². The molecule has 134 valence electrons. The number of likely N-dealkylation sites (tertiary alicyclic amines) is 1. The van der Waals surface area contributed by atoms with Gasteiger partial charge < -0.3 is 4.42 Å². The van der Waals surface area contributed by atoms with E-state index in [0.29, 0.717) is 25.3 Å². The molecule has 0 aliphatic carbocycles. The van der Waals surface area contributed by atoms with E-state index in [-0.39, 0.29) is 5.92 Å². The predicted molar refractivity (Wildman–Crippen MR) is 92.9 cm³/mol. The van der Waals surface area contributed by atoms with E-state index in [4.69, 9.17) is 4.42 Å². The lowest BCUT2D eigenvalue weighted by Crippen LogP contribution is -2.41. The number of aromatic nitrogens is 1. The Morgan fingerprint density at radius 2 is 1.96 bits per heavy atom. The second-order valence-electron chi connectivity index (χ2n) is 6.30. The molecule has 8 heteroatoms. The molecule has 1 saturated heterocycles. The molecule has 25 heavy (non-hydrogen) atoms. The number of nitrogens with zero attached hydrogens (tertiary/aromatic N) is 2. The van der Waals surface area contributed by atoms with Crippen molar-refractivity contribution >= 4 is 15.9 Å². The number of hydrogen-bond acceptors (Lipinski definition) is 6. The summed E-state index contributed by atoms with van der Waals surface area (Å²) in [4.78, 5) is 18.6. The smallest absolute Gasteiger partial charge is 0.236 e. The second kappa shape index (κ2) is 7.37. The van der Waals surface area contributed by atoms with Crippen LogP contribution in [0.4, 0.5) is 0 Å². The molecular formula is C17H21N3O4S. The highest BCUT2D eigenvalue weighted by molar-refractivity contribution is 7.89. The molecule has 0 atom stereocenters. The summed E-state index contributed by atoms with van der Waals surface area (Å²) in [5.41, 5.74) is 1.78. The van der Waals surface area contributed by atoms with E-state index < -0.39 is 15.9 Å². The van der Waals surface area contributed by atoms with Crippen LogP contribution in [0, 0.1) is 5.92 Å². The highest BCUT2D eigenvalue weighted by Crippen LogP contribution is 2.22. The van der Waals surface area contributed by atoms with Crippen LogP contribution in [0.3, 0.4) is 0 Å². The van der Waals surface area contributed by atoms with Gasteiger partial charge in [-0.15, -0.1) is 0 Å². The number of carbonyl (C=O) groups is 1. The first-order valence-corrected chi connectivity index (χ1v) is 10.0. The SMILES string of the molecule is CS(=O)(=O)NC(=O)C1CCN(Cc2coc(-c3ccccc3)n2)CC1. The zero-order chi connectivity index (χ0) is 17.9. The fraction of sp³-hybridized carbons (Fsp3) is 0.412. The molecule has 1 N–H and O–H groups in total. The Balaban J connectivity index is 1.53. The van der Waals surface area contributed by atoms with E-state index in [1.54, 1.807) is 6.26 Å². The van der Waals surface area contributed by atoms with Gasteiger partial charge >= 0.3 is 0 Å². The Morgan fingerprint density at radius 3 is 2.60 bits per heavy atom. The van der Waals surface area contributed by atoms with Crippen molar-refractivity contribution in [1.82, 2.24) is 14.6 Å². The van der Waals surface area contributed by atoms with Gasteiger partial charge in [0.2, 0.25) is 21.8 Å². The largest absolute Gasteiger partial charge is 0.444 e. The summed E-state index contributed by atoms with van der Waals surface area (Å²) >= 11 is 0. The Kier molecular flexibility index (Phi) is 5.19. The van der Waals surface area contributed by atoms with Gasteiger partial charge in [-0.05, 0) is 38.1 Å². The van der Waals surface area contributed by atoms with Crippen LogP contribution in [0.2, 0.25) is 0 Å². The van der Waals surface area contributed by atoms with Gasteiger partial charge in [0.15, 0.2) is 0 Å². The lowest BCUT2D eigenvalue weighted by atomic mass is 9.96. The molecule has 0 bridgehead atoms. The first kappa shape index (κ1) is 17.6. The van der Waals surface area contributed by atoms with Crippen LogP contribution in [-0.4, -0.2) is 43.6 Å². The minimum atomic E-state index is -3.49. The third-order valence-corrected chi connectivity index (χ3v) is 4.77. The number of sulfonamides is 1. The molecule has 1 aliphatic rings. The van der Waals surface area contributed by atoms with Crippen LogP contribution >= 0.6 is 0 Å². The van der Waals surface area contributed by atoms with E-state index in [1.807, 2.05) is 30.3 Å². The number of amides is 1. The molecule has 0 spiro atoms. The van der Waals surface area contributed by atoms with Gasteiger partial charge in [0, 0.05) is 18.0 Å². The van der Waals surface area contributed by atoms with Crippen LogP contribution in [0.5, 0.6) is 0 Å². The first-order valence-electron chi connectivity index (χ1n) is 8.14. The van der Waals surface area contributed by atoms with Gasteiger partial charge in [-0.1, -0.05) is 18.2 Å². The maximum atomic E-state index is 11.9. The summed E-state index contributed by atoms with van der Waals surface area (Å²) in [5, 5.41) is 0. The molecule has 0 radical (unpaired) electrons. The van der Waals surface area contributed by atoms with Gasteiger partial charge in [-0.3, -0.25) is 14.4 Å². The molecular weight excluding hydrogens is 342 g/mol. The summed E-state index contributed by atoms with van der Waals surface area (Å²) in [6, 6.07) is 9.71. The molecule has 1 aromatic carbocycles. The van der Waals surface area contributed by atoms with Gasteiger partial charge in [0.25, 0.3) is 0 Å². The third-order valence-electron chi connectivity index (χ3n) is 4.20. The standard InChI is InChI=1S/C17H21N3O4S/c1-25(22,23)19-16(21)13-7-9-20(10-8-13)11-15-12-24-17(18-15)14-5-3-2-4-6-14/h2-6,12-13H,7-11H2,1H3,(H,19,21). The van der Waals surface area contributed by atoms with Crippen LogP contribution in [-0.2, 0) is 21.4 Å². The molecule has 1 aromatic heterocycles. The summed E-state index contributed by atoms with van der Waals surface area (Å²) in [6.45, 7) is 2.08. The lowest BCUT2D eigenvalue weighted by Gasteiger charge is -2.30. The topological polar surface area (TPSA) is 92.5 Å².